The number of ether oxygens (including phenoxy) is 2. The highest BCUT2D eigenvalue weighted by atomic mass is 16.5. The Kier molecular flexibility index (Phi) is 7.05. The van der Waals surface area contributed by atoms with Crippen LogP contribution in [0.3, 0.4) is 0 Å². The normalized spacial score (nSPS) is 11.2. The van der Waals surface area contributed by atoms with E-state index in [0.717, 1.165) is 5.56 Å². The molecule has 3 aromatic rings. The molecule has 0 aliphatic rings. The molecule has 174 valence electrons. The molecule has 0 saturated carbocycles. The van der Waals surface area contributed by atoms with Crippen molar-refractivity contribution in [3.8, 4) is 17.3 Å². The van der Waals surface area contributed by atoms with Gasteiger partial charge in [-0.25, -0.2) is 19.1 Å². The minimum atomic E-state index is -0.756. The molecule has 0 aliphatic heterocycles. The zero-order valence-corrected chi connectivity index (χ0v) is 19.7. The van der Waals surface area contributed by atoms with Crippen molar-refractivity contribution in [2.75, 3.05) is 18.5 Å². The van der Waals surface area contributed by atoms with Gasteiger partial charge in [-0.05, 0) is 41.5 Å². The quantitative estimate of drug-likeness (QED) is 0.536. The van der Waals surface area contributed by atoms with Gasteiger partial charge in [-0.15, -0.1) is 10.2 Å². The van der Waals surface area contributed by atoms with Crippen LogP contribution in [0.5, 0.6) is 0 Å². The van der Waals surface area contributed by atoms with Crippen molar-refractivity contribution < 1.29 is 19.1 Å². The van der Waals surface area contributed by atoms with Crippen LogP contribution in [-0.4, -0.2) is 55.4 Å². The summed E-state index contributed by atoms with van der Waals surface area (Å²) in [5.74, 6) is -0.196. The first-order valence-corrected chi connectivity index (χ1v) is 10.7. The van der Waals surface area contributed by atoms with Crippen LogP contribution in [0.25, 0.3) is 17.3 Å². The van der Waals surface area contributed by atoms with Crippen LogP contribution in [0.2, 0.25) is 0 Å². The molecule has 0 amide bonds. The number of esters is 2. The van der Waals surface area contributed by atoms with Gasteiger partial charge in [0, 0.05) is 11.1 Å². The molecule has 0 aliphatic carbocycles. The molecule has 0 fully saturated rings. The minimum absolute atomic E-state index is 0.0824. The number of aryl methyl sites for hydroxylation is 1. The van der Waals surface area contributed by atoms with Crippen LogP contribution in [0, 0.1) is 6.92 Å². The Bertz CT molecular complexity index is 1150. The van der Waals surface area contributed by atoms with Crippen molar-refractivity contribution in [1.82, 2.24) is 24.7 Å². The molecule has 1 aromatic carbocycles. The average Bonchev–Trinajstić information content (AvgIpc) is 3.14. The van der Waals surface area contributed by atoms with Gasteiger partial charge in [0.25, 0.3) is 0 Å². The average molecular weight is 453 g/mol. The third-order valence-electron chi connectivity index (χ3n) is 4.40. The number of benzene rings is 1. The fraction of sp³-hybridized carbons (Fsp3) is 0.391. The van der Waals surface area contributed by atoms with E-state index < -0.39 is 17.5 Å². The van der Waals surface area contributed by atoms with E-state index in [-0.39, 0.29) is 36.2 Å². The Balaban J connectivity index is 2.31. The van der Waals surface area contributed by atoms with E-state index in [2.05, 4.69) is 25.5 Å². The van der Waals surface area contributed by atoms with Gasteiger partial charge in [0.15, 0.2) is 11.5 Å². The van der Waals surface area contributed by atoms with Gasteiger partial charge in [-0.1, -0.05) is 30.3 Å². The SMILES string of the molecule is CCOC(=O)c1nc(-n2c(C)nnc2-c2ccccc2)nc(NC(C)(C)C)c1C(=O)OCC. The van der Waals surface area contributed by atoms with E-state index in [1.165, 1.54) is 0 Å². The summed E-state index contributed by atoms with van der Waals surface area (Å²) in [6.07, 6.45) is 0. The molecule has 10 heteroatoms. The fourth-order valence-electron chi connectivity index (χ4n) is 3.11. The Morgan fingerprint density at radius 1 is 0.970 bits per heavy atom. The van der Waals surface area contributed by atoms with Gasteiger partial charge in [0.05, 0.1) is 13.2 Å². The fourth-order valence-corrected chi connectivity index (χ4v) is 3.11. The largest absolute Gasteiger partial charge is 0.462 e. The van der Waals surface area contributed by atoms with E-state index in [9.17, 15) is 9.59 Å². The summed E-state index contributed by atoms with van der Waals surface area (Å²) in [7, 11) is 0. The minimum Gasteiger partial charge on any atom is -0.462 e. The lowest BCUT2D eigenvalue weighted by atomic mass is 10.1. The second-order valence-corrected chi connectivity index (χ2v) is 8.18. The zero-order chi connectivity index (χ0) is 24.2. The number of carbonyl (C=O) groups excluding carboxylic acids is 2. The number of nitrogens with one attached hydrogen (secondary N) is 1. The van der Waals surface area contributed by atoms with Crippen molar-refractivity contribution in [1.29, 1.82) is 0 Å². The van der Waals surface area contributed by atoms with E-state index in [4.69, 9.17) is 9.47 Å². The first kappa shape index (κ1) is 23.8. The van der Waals surface area contributed by atoms with Gasteiger partial charge in [-0.3, -0.25) is 0 Å². The van der Waals surface area contributed by atoms with Crippen LogP contribution >= 0.6 is 0 Å². The maximum absolute atomic E-state index is 12.9. The summed E-state index contributed by atoms with van der Waals surface area (Å²) in [5.41, 5.74) is 0.0304. The second kappa shape index (κ2) is 9.76. The molecule has 0 radical (unpaired) electrons. The molecule has 2 heterocycles. The number of aromatic nitrogens is 5. The first-order chi connectivity index (χ1) is 15.7. The Morgan fingerprint density at radius 2 is 1.61 bits per heavy atom. The molecule has 3 rings (SSSR count). The Labute approximate surface area is 192 Å². The van der Waals surface area contributed by atoms with Crippen molar-refractivity contribution >= 4 is 17.8 Å². The van der Waals surface area contributed by atoms with E-state index in [1.807, 2.05) is 51.1 Å². The standard InChI is InChI=1S/C23H28N6O4/c1-7-32-20(30)16-17(21(31)33-8-2)24-22(25-18(16)26-23(4,5)6)29-14(3)27-28-19(29)15-12-10-9-11-13-15/h9-13H,7-8H2,1-6H3,(H,24,25,26). The maximum atomic E-state index is 12.9. The summed E-state index contributed by atoms with van der Waals surface area (Å²) >= 11 is 0. The third-order valence-corrected chi connectivity index (χ3v) is 4.40. The molecule has 33 heavy (non-hydrogen) atoms. The van der Waals surface area contributed by atoms with Crippen molar-refractivity contribution in [3.63, 3.8) is 0 Å². The van der Waals surface area contributed by atoms with Crippen LogP contribution in [0.15, 0.2) is 30.3 Å². The smallest absolute Gasteiger partial charge is 0.358 e. The number of anilines is 1. The molecule has 1 N–H and O–H groups in total. The molecule has 10 nitrogen and oxygen atoms in total. The van der Waals surface area contributed by atoms with Crippen LogP contribution in [0.4, 0.5) is 5.82 Å². The molecule has 0 saturated heterocycles. The monoisotopic (exact) mass is 452 g/mol. The lowest BCUT2D eigenvalue weighted by Crippen LogP contribution is -2.30. The second-order valence-electron chi connectivity index (χ2n) is 8.18. The van der Waals surface area contributed by atoms with Gasteiger partial charge < -0.3 is 14.8 Å². The topological polar surface area (TPSA) is 121 Å². The third kappa shape index (κ3) is 5.33. The summed E-state index contributed by atoms with van der Waals surface area (Å²) in [5, 5.41) is 11.6. The Hall–Kier alpha value is -3.82. The molecule has 0 bridgehead atoms. The van der Waals surface area contributed by atoms with Gasteiger partial charge in [0.2, 0.25) is 5.95 Å². The van der Waals surface area contributed by atoms with Crippen molar-refractivity contribution in [2.45, 2.75) is 47.1 Å². The number of hydrogen-bond donors (Lipinski definition) is 1. The number of rotatable bonds is 7. The lowest BCUT2D eigenvalue weighted by molar-refractivity contribution is 0.0473. The maximum Gasteiger partial charge on any atom is 0.358 e. The highest BCUT2D eigenvalue weighted by molar-refractivity contribution is 6.05. The zero-order valence-electron chi connectivity index (χ0n) is 19.7. The molecule has 0 spiro atoms. The summed E-state index contributed by atoms with van der Waals surface area (Å²) in [6, 6.07) is 9.42. The van der Waals surface area contributed by atoms with Gasteiger partial charge >= 0.3 is 11.9 Å². The van der Waals surface area contributed by atoms with E-state index in [0.29, 0.717) is 11.6 Å². The highest BCUT2D eigenvalue weighted by Crippen LogP contribution is 2.27. The first-order valence-electron chi connectivity index (χ1n) is 10.7. The van der Waals surface area contributed by atoms with Crippen LogP contribution in [-0.2, 0) is 9.47 Å². The van der Waals surface area contributed by atoms with Crippen molar-refractivity contribution in [2.24, 2.45) is 0 Å². The molecular formula is C23H28N6O4. The summed E-state index contributed by atoms with van der Waals surface area (Å²) in [4.78, 5) is 34.8. The molecular weight excluding hydrogens is 424 g/mol. The van der Waals surface area contributed by atoms with Crippen LogP contribution in [0.1, 0.15) is 61.3 Å². The Morgan fingerprint density at radius 3 is 2.21 bits per heavy atom. The van der Waals surface area contributed by atoms with Gasteiger partial charge in [-0.2, -0.15) is 4.98 Å². The van der Waals surface area contributed by atoms with E-state index in [1.54, 1.807) is 25.3 Å². The summed E-state index contributed by atoms with van der Waals surface area (Å²) in [6.45, 7) is 11.1. The van der Waals surface area contributed by atoms with Crippen molar-refractivity contribution in [3.05, 3.63) is 47.4 Å². The van der Waals surface area contributed by atoms with Gasteiger partial charge in [0.1, 0.15) is 17.2 Å². The molecule has 0 atom stereocenters. The number of carbonyl (C=O) groups is 2. The molecule has 0 unspecified atom stereocenters. The predicted molar refractivity (Wildman–Crippen MR) is 122 cm³/mol. The predicted octanol–water partition coefficient (Wildman–Crippen LogP) is 3.60. The highest BCUT2D eigenvalue weighted by Gasteiger charge is 2.30. The van der Waals surface area contributed by atoms with E-state index >= 15 is 0 Å². The molecule has 2 aromatic heterocycles. The summed E-state index contributed by atoms with van der Waals surface area (Å²) < 4.78 is 12.0. The lowest BCUT2D eigenvalue weighted by Gasteiger charge is -2.24. The van der Waals surface area contributed by atoms with Crippen LogP contribution < -0.4 is 5.32 Å². The number of nitrogens with zero attached hydrogens (tertiary/aromatic N) is 5. The number of hydrogen-bond acceptors (Lipinski definition) is 9.